The van der Waals surface area contributed by atoms with Crippen LogP contribution in [0.4, 0.5) is 0 Å². The van der Waals surface area contributed by atoms with Gasteiger partial charge in [-0.25, -0.2) is 0 Å². The maximum Gasteiger partial charge on any atom is 0.339 e. The van der Waals surface area contributed by atoms with E-state index >= 15 is 0 Å². The van der Waals surface area contributed by atoms with Crippen molar-refractivity contribution < 1.29 is 48.4 Å². The Morgan fingerprint density at radius 1 is 1.37 bits per heavy atom. The van der Waals surface area contributed by atoms with Crippen LogP contribution in [-0.2, 0) is 28.2 Å². The lowest BCUT2D eigenvalue weighted by atomic mass is 9.89. The number of carbonyl (C=O) groups is 3. The molecule has 0 aliphatic carbocycles. The van der Waals surface area contributed by atoms with Crippen molar-refractivity contribution in [1.82, 2.24) is 5.32 Å². The number of carbonyl (C=O) groups excluding carboxylic acids is 2. The summed E-state index contributed by atoms with van der Waals surface area (Å²) >= 11 is 0. The average Bonchev–Trinajstić information content (AvgIpc) is 2.80. The highest BCUT2D eigenvalue weighted by Gasteiger charge is 2.49. The Morgan fingerprint density at radius 3 is 2.56 bits per heavy atom. The third-order valence-corrected chi connectivity index (χ3v) is 5.45. The first-order valence-corrected chi connectivity index (χ1v) is 9.67. The fourth-order valence-corrected chi connectivity index (χ4v) is 3.71. The lowest BCUT2D eigenvalue weighted by molar-refractivity contribution is -0.135. The molecule has 0 saturated carbocycles. The Kier molecular flexibility index (Phi) is 6.53. The van der Waals surface area contributed by atoms with Crippen LogP contribution in [0.2, 0.25) is 0 Å². The Hall–Kier alpha value is -1.66. The van der Waals surface area contributed by atoms with Crippen LogP contribution in [-0.4, -0.2) is 81.2 Å². The molecule has 3 unspecified atom stereocenters. The van der Waals surface area contributed by atoms with Gasteiger partial charge in [0.05, 0.1) is 12.5 Å². The molecule has 1 fully saturated rings. The minimum Gasteiger partial charge on any atom is -0.481 e. The summed E-state index contributed by atoms with van der Waals surface area (Å²) in [6, 6.07) is 0. The van der Waals surface area contributed by atoms with E-state index in [4.69, 9.17) is 15.6 Å². The van der Waals surface area contributed by atoms with Crippen molar-refractivity contribution in [1.29, 1.82) is 0 Å². The molecule has 13 heteroatoms. The predicted octanol–water partition coefficient (Wildman–Crippen LogP) is -2.69. The van der Waals surface area contributed by atoms with E-state index in [-0.39, 0.29) is 5.57 Å². The van der Waals surface area contributed by atoms with Gasteiger partial charge in [0, 0.05) is 5.57 Å². The quantitative estimate of drug-likeness (QED) is 0.239. The van der Waals surface area contributed by atoms with Crippen LogP contribution in [0.15, 0.2) is 11.6 Å². The van der Waals surface area contributed by atoms with Crippen LogP contribution in [0.25, 0.3) is 0 Å². The Bertz CT molecular complexity index is 710. The number of carboxylic acid groups (broad SMARTS) is 1. The second kappa shape index (κ2) is 8.15. The number of hydrogen-bond acceptors (Lipinski definition) is 9. The van der Waals surface area contributed by atoms with Crippen LogP contribution in [0.3, 0.4) is 0 Å². The van der Waals surface area contributed by atoms with E-state index in [0.717, 1.165) is 0 Å². The molecule has 0 aromatic rings. The number of carboxylic acids is 1. The molecule has 7 N–H and O–H groups in total. The van der Waals surface area contributed by atoms with Gasteiger partial charge < -0.3 is 40.5 Å². The number of aliphatic carboxylic acids is 1. The molecular formula is C14H21N2O10P. The van der Waals surface area contributed by atoms with Gasteiger partial charge in [0.25, 0.3) is 0 Å². The summed E-state index contributed by atoms with van der Waals surface area (Å²) in [6.07, 6.45) is -6.61. The van der Waals surface area contributed by atoms with Gasteiger partial charge in [-0.05, 0) is 6.92 Å². The lowest BCUT2D eigenvalue weighted by Crippen LogP contribution is -2.54. The van der Waals surface area contributed by atoms with Crippen molar-refractivity contribution in [2.24, 2.45) is 11.7 Å². The lowest BCUT2D eigenvalue weighted by Gasteiger charge is -2.30. The van der Waals surface area contributed by atoms with E-state index < -0.39 is 74.5 Å². The molecule has 0 bridgehead atoms. The maximum absolute atomic E-state index is 12.2. The molecule has 7 atom stereocenters. The van der Waals surface area contributed by atoms with Gasteiger partial charge in [-0.3, -0.25) is 18.9 Å². The molecule has 0 radical (unpaired) electrons. The number of Topliss-reactive ketones (excluding diaryl/α,β-unsaturated/α-hetero) is 1. The number of aliphatic hydroxyl groups excluding tert-OH is 2. The molecule has 2 aliphatic heterocycles. The fourth-order valence-electron chi connectivity index (χ4n) is 2.90. The van der Waals surface area contributed by atoms with Crippen molar-refractivity contribution in [3.63, 3.8) is 0 Å². The van der Waals surface area contributed by atoms with E-state index in [9.17, 15) is 34.1 Å². The number of ketones is 1. The predicted molar refractivity (Wildman–Crippen MR) is 87.3 cm³/mol. The molecule has 2 aliphatic rings. The highest BCUT2D eigenvalue weighted by atomic mass is 31.2. The van der Waals surface area contributed by atoms with E-state index in [1.807, 2.05) is 0 Å². The van der Waals surface area contributed by atoms with Gasteiger partial charge in [-0.2, -0.15) is 0 Å². The summed E-state index contributed by atoms with van der Waals surface area (Å²) in [5, 5.41) is 31.2. The minimum absolute atomic E-state index is 0.103. The van der Waals surface area contributed by atoms with Crippen LogP contribution in [0, 0.1) is 5.92 Å². The molecule has 1 saturated heterocycles. The number of hydrogen-bond donors (Lipinski definition) is 6. The first-order valence-electron chi connectivity index (χ1n) is 7.91. The Morgan fingerprint density at radius 2 is 2.00 bits per heavy atom. The van der Waals surface area contributed by atoms with Crippen LogP contribution >= 0.6 is 7.60 Å². The van der Waals surface area contributed by atoms with Gasteiger partial charge in [-0.1, -0.05) is 6.08 Å². The molecule has 0 aromatic carbocycles. The Balaban J connectivity index is 2.12. The molecule has 27 heavy (non-hydrogen) atoms. The van der Waals surface area contributed by atoms with E-state index in [1.165, 1.54) is 13.0 Å². The van der Waals surface area contributed by atoms with E-state index in [1.54, 1.807) is 0 Å². The fraction of sp³-hybridized carbons (Fsp3) is 0.643. The molecule has 0 aromatic heterocycles. The Labute approximate surface area is 153 Å². The second-order valence-corrected chi connectivity index (χ2v) is 8.14. The smallest absolute Gasteiger partial charge is 0.339 e. The molecule has 12 nitrogen and oxygen atoms in total. The third-order valence-electron chi connectivity index (χ3n) is 4.23. The minimum atomic E-state index is -4.47. The molecule has 1 amide bonds. The summed E-state index contributed by atoms with van der Waals surface area (Å²) < 4.78 is 21.6. The normalized spacial score (nSPS) is 35.9. The first kappa shape index (κ1) is 21.6. The standard InChI is InChI=1S/C14H21N2O10P/c1-5(17)6-2-7(14(22)16-13(6)15)12-11(21)10(20)8(26-12)3-25-27(23,24)4-9(18)19/h2,7-8,10-13,20-21H,3-4,15H2,1H3,(H,16,22)(H,18,19)(H,23,24)/t7?,8-,10-,11+,12+,13?/m1/s1. The highest BCUT2D eigenvalue weighted by molar-refractivity contribution is 7.53. The van der Waals surface area contributed by atoms with Crippen molar-refractivity contribution in [2.75, 3.05) is 12.8 Å². The molecule has 0 spiro atoms. The van der Waals surface area contributed by atoms with Crippen molar-refractivity contribution >= 4 is 25.3 Å². The number of amides is 1. The number of nitrogens with two attached hydrogens (primary N) is 1. The van der Waals surface area contributed by atoms with Crippen molar-refractivity contribution in [3.8, 4) is 0 Å². The highest BCUT2D eigenvalue weighted by Crippen LogP contribution is 2.42. The summed E-state index contributed by atoms with van der Waals surface area (Å²) in [4.78, 5) is 43.7. The number of rotatable bonds is 7. The maximum atomic E-state index is 12.2. The first-order chi connectivity index (χ1) is 12.4. The zero-order valence-electron chi connectivity index (χ0n) is 14.2. The zero-order chi connectivity index (χ0) is 20.5. The van der Waals surface area contributed by atoms with Crippen LogP contribution in [0.1, 0.15) is 6.92 Å². The zero-order valence-corrected chi connectivity index (χ0v) is 15.1. The molecule has 152 valence electrons. The number of aliphatic hydroxyl groups is 2. The number of ether oxygens (including phenoxy) is 1. The SMILES string of the molecule is CC(=O)C1=CC([C@@H]2O[C@H](COP(=O)(O)CC(=O)O)[C@@H](O)[C@@H]2O)C(=O)NC1N. The van der Waals surface area contributed by atoms with Crippen molar-refractivity contribution in [3.05, 3.63) is 11.6 Å². The topological polar surface area (TPSA) is 206 Å². The third kappa shape index (κ3) is 4.99. The largest absolute Gasteiger partial charge is 0.481 e. The molecular weight excluding hydrogens is 387 g/mol. The van der Waals surface area contributed by atoms with E-state index in [2.05, 4.69) is 9.84 Å². The number of nitrogens with one attached hydrogen (secondary N) is 1. The monoisotopic (exact) mass is 408 g/mol. The van der Waals surface area contributed by atoms with Gasteiger partial charge in [0.2, 0.25) is 5.91 Å². The van der Waals surface area contributed by atoms with Gasteiger partial charge in [0.1, 0.15) is 36.7 Å². The van der Waals surface area contributed by atoms with Gasteiger partial charge in [-0.15, -0.1) is 0 Å². The average molecular weight is 408 g/mol. The van der Waals surface area contributed by atoms with Gasteiger partial charge in [0.15, 0.2) is 5.78 Å². The van der Waals surface area contributed by atoms with Gasteiger partial charge >= 0.3 is 13.6 Å². The summed E-state index contributed by atoms with van der Waals surface area (Å²) in [5.41, 5.74) is 5.76. The summed E-state index contributed by atoms with van der Waals surface area (Å²) in [6.45, 7) is 0.561. The molecule has 2 rings (SSSR count). The van der Waals surface area contributed by atoms with E-state index in [0.29, 0.717) is 0 Å². The summed E-state index contributed by atoms with van der Waals surface area (Å²) in [5.74, 6) is -3.72. The molecule has 2 heterocycles. The second-order valence-electron chi connectivity index (χ2n) is 6.30. The summed E-state index contributed by atoms with van der Waals surface area (Å²) in [7, 11) is -4.47. The van der Waals surface area contributed by atoms with Crippen LogP contribution in [0.5, 0.6) is 0 Å². The van der Waals surface area contributed by atoms with Crippen molar-refractivity contribution in [2.45, 2.75) is 37.5 Å². The van der Waals surface area contributed by atoms with Crippen LogP contribution < -0.4 is 11.1 Å².